The summed E-state index contributed by atoms with van der Waals surface area (Å²) < 4.78 is 17.9. The van der Waals surface area contributed by atoms with Crippen LogP contribution in [-0.2, 0) is 13.6 Å². The molecule has 0 radical (unpaired) electrons. The maximum Gasteiger partial charge on any atom is 0.300 e. The molecule has 7 heteroatoms. The van der Waals surface area contributed by atoms with Crippen molar-refractivity contribution in [3.05, 3.63) is 46.3 Å². The fraction of sp³-hybridized carbons (Fsp3) is 0.188. The number of nitrogens with zero attached hydrogens (tertiary/aromatic N) is 4. The second kappa shape index (κ2) is 5.82. The Labute approximate surface area is 135 Å². The first-order valence-corrected chi connectivity index (χ1v) is 7.64. The molecule has 0 unspecified atom stereocenters. The van der Waals surface area contributed by atoms with E-state index in [-0.39, 0.29) is 12.2 Å². The molecular weight excluding hydrogens is 315 g/mol. The molecule has 1 aromatic carbocycles. The molecule has 2 aromatic heterocycles. The standard InChI is InChI=1S/C16H13FN4OS/c1-4-8-21-14-11(17)6-5-7-13(14)23-16(21)18-15(22)12-9-10(2)20(3)19-12/h1,5-7,9H,8H2,2-3H3. The van der Waals surface area contributed by atoms with Crippen molar-refractivity contribution < 1.29 is 9.18 Å². The van der Waals surface area contributed by atoms with Crippen molar-refractivity contribution in [1.82, 2.24) is 14.3 Å². The van der Waals surface area contributed by atoms with Crippen LogP contribution in [0.3, 0.4) is 0 Å². The third kappa shape index (κ3) is 2.69. The number of halogens is 1. The smallest absolute Gasteiger partial charge is 0.300 e. The summed E-state index contributed by atoms with van der Waals surface area (Å²) in [5, 5.41) is 4.11. The SMILES string of the molecule is C#CCn1c(=NC(=O)c2cc(C)n(C)n2)sc2cccc(F)c21. The first-order chi connectivity index (χ1) is 11.0. The lowest BCUT2D eigenvalue weighted by Gasteiger charge is -2.00. The lowest BCUT2D eigenvalue weighted by molar-refractivity contribution is 0.0992. The van der Waals surface area contributed by atoms with E-state index in [9.17, 15) is 9.18 Å². The van der Waals surface area contributed by atoms with E-state index in [0.29, 0.717) is 15.0 Å². The van der Waals surface area contributed by atoms with Gasteiger partial charge < -0.3 is 4.57 Å². The molecule has 0 aliphatic heterocycles. The van der Waals surface area contributed by atoms with E-state index in [1.165, 1.54) is 22.0 Å². The molecule has 3 aromatic rings. The van der Waals surface area contributed by atoms with E-state index in [1.807, 2.05) is 6.92 Å². The van der Waals surface area contributed by atoms with Gasteiger partial charge in [-0.2, -0.15) is 10.1 Å². The average molecular weight is 328 g/mol. The Balaban J connectivity index is 2.19. The van der Waals surface area contributed by atoms with E-state index in [0.717, 1.165) is 5.69 Å². The molecule has 0 saturated heterocycles. The maximum atomic E-state index is 14.1. The summed E-state index contributed by atoms with van der Waals surface area (Å²) in [5.41, 5.74) is 1.46. The highest BCUT2D eigenvalue weighted by Gasteiger charge is 2.13. The van der Waals surface area contributed by atoms with Gasteiger partial charge in [0, 0.05) is 12.7 Å². The monoisotopic (exact) mass is 328 g/mol. The zero-order valence-corrected chi connectivity index (χ0v) is 13.4. The molecule has 0 spiro atoms. The zero-order chi connectivity index (χ0) is 16.6. The van der Waals surface area contributed by atoms with Crippen LogP contribution in [-0.4, -0.2) is 20.3 Å². The Morgan fingerprint density at radius 3 is 2.96 bits per heavy atom. The Bertz CT molecular complexity index is 1000. The largest absolute Gasteiger partial charge is 0.302 e. The summed E-state index contributed by atoms with van der Waals surface area (Å²) in [7, 11) is 1.75. The van der Waals surface area contributed by atoms with E-state index in [1.54, 1.807) is 29.9 Å². The minimum Gasteiger partial charge on any atom is -0.302 e. The van der Waals surface area contributed by atoms with Crippen molar-refractivity contribution >= 4 is 27.5 Å². The molecular formula is C16H13FN4OS. The molecule has 0 N–H and O–H groups in total. The number of carbonyl (C=O) groups is 1. The van der Waals surface area contributed by atoms with Gasteiger partial charge in [-0.25, -0.2) is 4.39 Å². The number of terminal acetylenes is 1. The van der Waals surface area contributed by atoms with Crippen LogP contribution in [0.4, 0.5) is 4.39 Å². The third-order valence-corrected chi connectivity index (χ3v) is 4.47. The maximum absolute atomic E-state index is 14.1. The second-order valence-corrected chi connectivity index (χ2v) is 5.98. The Hall–Kier alpha value is -2.72. The van der Waals surface area contributed by atoms with Gasteiger partial charge in [0.15, 0.2) is 10.5 Å². The first-order valence-electron chi connectivity index (χ1n) is 6.82. The Kier molecular flexibility index (Phi) is 3.84. The number of thiazole rings is 1. The molecule has 5 nitrogen and oxygen atoms in total. The van der Waals surface area contributed by atoms with Gasteiger partial charge >= 0.3 is 0 Å². The number of aromatic nitrogens is 3. The Morgan fingerprint density at radius 1 is 1.52 bits per heavy atom. The number of carbonyl (C=O) groups excluding carboxylic acids is 1. The van der Waals surface area contributed by atoms with Crippen LogP contribution in [0.15, 0.2) is 29.3 Å². The number of amides is 1. The van der Waals surface area contributed by atoms with Gasteiger partial charge in [0.2, 0.25) is 0 Å². The number of rotatable bonds is 2. The van der Waals surface area contributed by atoms with Crippen molar-refractivity contribution in [3.8, 4) is 12.3 Å². The van der Waals surface area contributed by atoms with Crippen LogP contribution >= 0.6 is 11.3 Å². The van der Waals surface area contributed by atoms with Crippen LogP contribution in [0.25, 0.3) is 10.2 Å². The van der Waals surface area contributed by atoms with E-state index in [4.69, 9.17) is 6.42 Å². The van der Waals surface area contributed by atoms with Crippen molar-refractivity contribution in [1.29, 1.82) is 0 Å². The number of hydrogen-bond acceptors (Lipinski definition) is 3. The molecule has 0 bridgehead atoms. The molecule has 2 heterocycles. The van der Waals surface area contributed by atoms with Crippen molar-refractivity contribution in [3.63, 3.8) is 0 Å². The highest BCUT2D eigenvalue weighted by molar-refractivity contribution is 7.16. The zero-order valence-electron chi connectivity index (χ0n) is 12.6. The molecule has 0 atom stereocenters. The molecule has 3 rings (SSSR count). The summed E-state index contributed by atoms with van der Waals surface area (Å²) in [4.78, 5) is 16.7. The van der Waals surface area contributed by atoms with E-state index < -0.39 is 11.7 Å². The predicted octanol–water partition coefficient (Wildman–Crippen LogP) is 2.26. The number of fused-ring (bicyclic) bond motifs is 1. The highest BCUT2D eigenvalue weighted by Crippen LogP contribution is 2.20. The lowest BCUT2D eigenvalue weighted by atomic mass is 10.3. The molecule has 116 valence electrons. The van der Waals surface area contributed by atoms with Gasteiger partial charge in [-0.1, -0.05) is 23.3 Å². The fourth-order valence-corrected chi connectivity index (χ4v) is 3.26. The summed E-state index contributed by atoms with van der Waals surface area (Å²) in [6.07, 6.45) is 5.36. The van der Waals surface area contributed by atoms with Crippen LogP contribution < -0.4 is 4.80 Å². The number of hydrogen-bond donors (Lipinski definition) is 0. The van der Waals surface area contributed by atoms with Crippen molar-refractivity contribution in [2.24, 2.45) is 12.0 Å². The summed E-state index contributed by atoms with van der Waals surface area (Å²) in [6, 6.07) is 6.40. The number of para-hydroxylation sites is 1. The molecule has 0 fully saturated rings. The van der Waals surface area contributed by atoms with Gasteiger partial charge in [-0.05, 0) is 25.1 Å². The first kappa shape index (κ1) is 15.2. The molecule has 0 aliphatic rings. The summed E-state index contributed by atoms with van der Waals surface area (Å²) in [6.45, 7) is 1.98. The normalized spacial score (nSPS) is 11.8. The van der Waals surface area contributed by atoms with Crippen LogP contribution in [0, 0.1) is 25.1 Å². The van der Waals surface area contributed by atoms with Crippen molar-refractivity contribution in [2.45, 2.75) is 13.5 Å². The van der Waals surface area contributed by atoms with Gasteiger partial charge in [0.25, 0.3) is 5.91 Å². The lowest BCUT2D eigenvalue weighted by Crippen LogP contribution is -2.17. The Morgan fingerprint density at radius 2 is 2.30 bits per heavy atom. The van der Waals surface area contributed by atoms with Gasteiger partial charge in [-0.15, -0.1) is 6.42 Å². The molecule has 1 amide bonds. The summed E-state index contributed by atoms with van der Waals surface area (Å²) in [5.74, 6) is 1.60. The van der Waals surface area contributed by atoms with Gasteiger partial charge in [0.1, 0.15) is 5.82 Å². The van der Waals surface area contributed by atoms with E-state index >= 15 is 0 Å². The van der Waals surface area contributed by atoms with Crippen LogP contribution in [0.5, 0.6) is 0 Å². The minimum atomic E-state index is -0.480. The highest BCUT2D eigenvalue weighted by atomic mass is 32.1. The topological polar surface area (TPSA) is 52.2 Å². The average Bonchev–Trinajstić information content (AvgIpc) is 3.02. The minimum absolute atomic E-state index is 0.133. The van der Waals surface area contributed by atoms with Gasteiger partial charge in [-0.3, -0.25) is 9.48 Å². The fourth-order valence-electron chi connectivity index (χ4n) is 2.22. The van der Waals surface area contributed by atoms with E-state index in [2.05, 4.69) is 16.0 Å². The van der Waals surface area contributed by atoms with Crippen molar-refractivity contribution in [2.75, 3.05) is 0 Å². The van der Waals surface area contributed by atoms with Crippen LogP contribution in [0.1, 0.15) is 16.2 Å². The third-order valence-electron chi connectivity index (χ3n) is 3.43. The molecule has 0 saturated carbocycles. The molecule has 0 aliphatic carbocycles. The van der Waals surface area contributed by atoms with Gasteiger partial charge in [0.05, 0.1) is 16.8 Å². The summed E-state index contributed by atoms with van der Waals surface area (Å²) >= 11 is 1.22. The predicted molar refractivity (Wildman–Crippen MR) is 86.4 cm³/mol. The molecule has 23 heavy (non-hydrogen) atoms. The van der Waals surface area contributed by atoms with Crippen LogP contribution in [0.2, 0.25) is 0 Å². The number of aryl methyl sites for hydroxylation is 2. The number of benzene rings is 1. The quantitative estimate of drug-likeness (QED) is 0.678. The second-order valence-electron chi connectivity index (χ2n) is 4.97.